The van der Waals surface area contributed by atoms with Crippen molar-refractivity contribution in [3.63, 3.8) is 0 Å². The van der Waals surface area contributed by atoms with E-state index in [-0.39, 0.29) is 5.82 Å². The molecular formula is C9H6FNO3. The third kappa shape index (κ3) is 1.64. The Morgan fingerprint density at radius 3 is 3.21 bits per heavy atom. The van der Waals surface area contributed by atoms with E-state index in [9.17, 15) is 9.18 Å². The van der Waals surface area contributed by atoms with Crippen LogP contribution in [0.4, 0.5) is 4.39 Å². The van der Waals surface area contributed by atoms with E-state index in [1.54, 1.807) is 0 Å². The van der Waals surface area contributed by atoms with Gasteiger partial charge in [0, 0.05) is 12.0 Å². The molecule has 1 unspecified atom stereocenters. The van der Waals surface area contributed by atoms with Gasteiger partial charge >= 0.3 is 0 Å². The smallest absolute Gasteiger partial charge is 0.237 e. The molecule has 0 fully saturated rings. The topological polar surface area (TPSA) is 47.9 Å². The predicted octanol–water partition coefficient (Wildman–Crippen LogP) is 1.35. The van der Waals surface area contributed by atoms with Gasteiger partial charge in [0.25, 0.3) is 0 Å². The highest BCUT2D eigenvalue weighted by atomic mass is 19.1. The molecule has 1 aliphatic heterocycles. The Labute approximate surface area is 78.9 Å². The molecule has 1 heterocycles. The summed E-state index contributed by atoms with van der Waals surface area (Å²) in [5.74, 6) is 0.0897. The third-order valence-corrected chi connectivity index (χ3v) is 1.86. The number of hydrogen-bond donors (Lipinski definition) is 0. The molecule has 1 aromatic rings. The van der Waals surface area contributed by atoms with E-state index in [1.165, 1.54) is 24.3 Å². The highest BCUT2D eigenvalue weighted by molar-refractivity contribution is 5.37. The van der Waals surface area contributed by atoms with Crippen LogP contribution in [0.2, 0.25) is 0 Å². The lowest BCUT2D eigenvalue weighted by Crippen LogP contribution is -2.21. The first kappa shape index (κ1) is 8.87. The molecule has 0 saturated carbocycles. The molecule has 0 bridgehead atoms. The molecule has 1 atom stereocenters. The summed E-state index contributed by atoms with van der Waals surface area (Å²) < 4.78 is 12.8. The molecule has 0 aromatic heterocycles. The Kier molecular flexibility index (Phi) is 2.26. The van der Waals surface area contributed by atoms with E-state index in [2.05, 4.69) is 4.99 Å². The summed E-state index contributed by atoms with van der Waals surface area (Å²) in [7, 11) is 0. The van der Waals surface area contributed by atoms with Crippen LogP contribution in [0, 0.1) is 5.82 Å². The standard InChI is InChI=1S/C9H6FNO3/c10-7-1-2-8-6(3-7)4-9(11-5-12)14-13-8/h1-3,9H,4H2. The van der Waals surface area contributed by atoms with Crippen molar-refractivity contribution in [3.05, 3.63) is 29.6 Å². The highest BCUT2D eigenvalue weighted by Gasteiger charge is 2.21. The van der Waals surface area contributed by atoms with Crippen molar-refractivity contribution in [2.24, 2.45) is 4.99 Å². The van der Waals surface area contributed by atoms with Gasteiger partial charge in [-0.25, -0.2) is 9.18 Å². The molecule has 72 valence electrons. The van der Waals surface area contributed by atoms with E-state index in [1.807, 2.05) is 0 Å². The molecule has 1 aliphatic rings. The summed E-state index contributed by atoms with van der Waals surface area (Å²) in [4.78, 5) is 22.8. The molecule has 0 spiro atoms. The van der Waals surface area contributed by atoms with E-state index in [4.69, 9.17) is 9.78 Å². The van der Waals surface area contributed by atoms with Gasteiger partial charge in [0.2, 0.25) is 12.3 Å². The summed E-state index contributed by atoms with van der Waals surface area (Å²) in [6.45, 7) is 0. The first-order valence-corrected chi connectivity index (χ1v) is 3.98. The summed E-state index contributed by atoms with van der Waals surface area (Å²) in [6, 6.07) is 4.06. The van der Waals surface area contributed by atoms with Gasteiger partial charge in [-0.05, 0) is 18.2 Å². The lowest BCUT2D eigenvalue weighted by molar-refractivity contribution is -0.251. The second kappa shape index (κ2) is 3.57. The van der Waals surface area contributed by atoms with Crippen molar-refractivity contribution in [1.29, 1.82) is 0 Å². The van der Waals surface area contributed by atoms with Crippen LogP contribution >= 0.6 is 0 Å². The lowest BCUT2D eigenvalue weighted by atomic mass is 10.1. The van der Waals surface area contributed by atoms with Crippen molar-refractivity contribution in [3.8, 4) is 5.75 Å². The molecule has 0 N–H and O–H groups in total. The van der Waals surface area contributed by atoms with Crippen LogP contribution in [-0.2, 0) is 16.1 Å². The molecule has 0 amide bonds. The Balaban J connectivity index is 2.28. The maximum absolute atomic E-state index is 12.8. The quantitative estimate of drug-likeness (QED) is 0.386. The molecule has 4 nitrogen and oxygen atoms in total. The van der Waals surface area contributed by atoms with Crippen LogP contribution in [0.1, 0.15) is 5.56 Å². The van der Waals surface area contributed by atoms with E-state index in [0.717, 1.165) is 0 Å². The first-order chi connectivity index (χ1) is 6.79. The number of benzene rings is 1. The highest BCUT2D eigenvalue weighted by Crippen LogP contribution is 2.26. The fraction of sp³-hybridized carbons (Fsp3) is 0.222. The van der Waals surface area contributed by atoms with Crippen molar-refractivity contribution in [1.82, 2.24) is 0 Å². The Morgan fingerprint density at radius 2 is 2.43 bits per heavy atom. The number of isocyanates is 1. The molecule has 1 aromatic carbocycles. The van der Waals surface area contributed by atoms with Crippen LogP contribution in [0.25, 0.3) is 0 Å². The molecule has 14 heavy (non-hydrogen) atoms. The Bertz CT molecular complexity index is 401. The van der Waals surface area contributed by atoms with Crippen LogP contribution in [0.5, 0.6) is 5.75 Å². The minimum Gasteiger partial charge on any atom is -0.335 e. The van der Waals surface area contributed by atoms with Gasteiger partial charge in [0.15, 0.2) is 5.75 Å². The zero-order chi connectivity index (χ0) is 9.97. The molecule has 0 radical (unpaired) electrons. The van der Waals surface area contributed by atoms with Crippen molar-refractivity contribution in [2.45, 2.75) is 12.6 Å². The van der Waals surface area contributed by atoms with Crippen molar-refractivity contribution >= 4 is 6.08 Å². The molecular weight excluding hydrogens is 189 g/mol. The SMILES string of the molecule is O=C=NC1Cc2cc(F)ccc2OO1. The zero-order valence-corrected chi connectivity index (χ0v) is 7.07. The number of carbonyl (C=O) groups excluding carboxylic acids is 1. The van der Waals surface area contributed by atoms with Crippen LogP contribution in [0.3, 0.4) is 0 Å². The largest absolute Gasteiger partial charge is 0.335 e. The number of halogens is 1. The average molecular weight is 195 g/mol. The van der Waals surface area contributed by atoms with Gasteiger partial charge in [-0.2, -0.15) is 9.88 Å². The summed E-state index contributed by atoms with van der Waals surface area (Å²) in [6.07, 6.45) is 0.933. The number of rotatable bonds is 1. The fourth-order valence-electron chi connectivity index (χ4n) is 1.24. The normalized spacial score (nSPS) is 19.1. The molecule has 5 heteroatoms. The van der Waals surface area contributed by atoms with Crippen molar-refractivity contribution in [2.75, 3.05) is 0 Å². The minimum atomic E-state index is -0.734. The average Bonchev–Trinajstić information content (AvgIpc) is 2.17. The number of hydrogen-bond acceptors (Lipinski definition) is 4. The predicted molar refractivity (Wildman–Crippen MR) is 43.7 cm³/mol. The van der Waals surface area contributed by atoms with Crippen LogP contribution in [-0.4, -0.2) is 12.3 Å². The summed E-state index contributed by atoms with van der Waals surface area (Å²) in [5, 5.41) is 0. The second-order valence-corrected chi connectivity index (χ2v) is 2.81. The van der Waals surface area contributed by atoms with Gasteiger partial charge in [0.1, 0.15) is 5.82 Å². The first-order valence-electron chi connectivity index (χ1n) is 3.98. The Morgan fingerprint density at radius 1 is 1.57 bits per heavy atom. The van der Waals surface area contributed by atoms with Gasteiger partial charge < -0.3 is 4.89 Å². The zero-order valence-electron chi connectivity index (χ0n) is 7.07. The monoisotopic (exact) mass is 195 g/mol. The van der Waals surface area contributed by atoms with Gasteiger partial charge in [-0.15, -0.1) is 0 Å². The van der Waals surface area contributed by atoms with E-state index >= 15 is 0 Å². The number of aliphatic imine (C=N–C) groups is 1. The van der Waals surface area contributed by atoms with Crippen molar-refractivity contribution < 1.29 is 19.0 Å². The van der Waals surface area contributed by atoms with Gasteiger partial charge in [-0.1, -0.05) is 0 Å². The Hall–Kier alpha value is -1.71. The van der Waals surface area contributed by atoms with Crippen LogP contribution < -0.4 is 4.89 Å². The summed E-state index contributed by atoms with van der Waals surface area (Å²) in [5.41, 5.74) is 0.625. The molecule has 2 rings (SSSR count). The lowest BCUT2D eigenvalue weighted by Gasteiger charge is -2.19. The molecule has 0 aliphatic carbocycles. The maximum atomic E-state index is 12.8. The maximum Gasteiger partial charge on any atom is 0.237 e. The van der Waals surface area contributed by atoms with E-state index in [0.29, 0.717) is 17.7 Å². The number of nitrogens with zero attached hydrogens (tertiary/aromatic N) is 1. The number of fused-ring (bicyclic) bond motifs is 1. The van der Waals surface area contributed by atoms with Gasteiger partial charge in [-0.3, -0.25) is 0 Å². The summed E-state index contributed by atoms with van der Waals surface area (Å²) >= 11 is 0. The van der Waals surface area contributed by atoms with Gasteiger partial charge in [0.05, 0.1) is 0 Å². The second-order valence-electron chi connectivity index (χ2n) is 2.81. The third-order valence-electron chi connectivity index (χ3n) is 1.86. The minimum absolute atomic E-state index is 0.308. The molecule has 0 saturated heterocycles. The fourth-order valence-corrected chi connectivity index (χ4v) is 1.24. The van der Waals surface area contributed by atoms with E-state index < -0.39 is 6.23 Å². The van der Waals surface area contributed by atoms with Crippen LogP contribution in [0.15, 0.2) is 23.2 Å².